The number of ether oxygens (including phenoxy) is 3. The van der Waals surface area contributed by atoms with Gasteiger partial charge in [-0.05, 0) is 148 Å². The van der Waals surface area contributed by atoms with E-state index >= 15 is 0 Å². The van der Waals surface area contributed by atoms with E-state index in [2.05, 4.69) is 191 Å². The van der Waals surface area contributed by atoms with Crippen molar-refractivity contribution in [3.63, 3.8) is 0 Å². The van der Waals surface area contributed by atoms with Crippen LogP contribution >= 0.6 is 0 Å². The molecule has 0 aromatic rings. The molecular formula is C77H122O6. The molecule has 0 aliphatic rings. The number of allylic oxidation sites excluding steroid dienone is 28. The molecule has 0 aliphatic carbocycles. The number of rotatable bonds is 59. The Morgan fingerprint density at radius 3 is 0.675 bits per heavy atom. The normalized spacial score (nSPS) is 13.2. The summed E-state index contributed by atoms with van der Waals surface area (Å²) in [6.45, 7) is 6.28. The topological polar surface area (TPSA) is 78.9 Å². The van der Waals surface area contributed by atoms with Crippen molar-refractivity contribution in [1.29, 1.82) is 0 Å². The molecule has 0 amide bonds. The van der Waals surface area contributed by atoms with Crippen molar-refractivity contribution in [2.75, 3.05) is 13.2 Å². The quantitative estimate of drug-likeness (QED) is 0.0261. The maximum absolute atomic E-state index is 13.0. The summed E-state index contributed by atoms with van der Waals surface area (Å²) >= 11 is 0. The van der Waals surface area contributed by atoms with Crippen LogP contribution < -0.4 is 0 Å². The number of carbonyl (C=O) groups excluding carboxylic acids is 3. The third kappa shape index (κ3) is 67.4. The molecule has 0 aromatic heterocycles. The largest absolute Gasteiger partial charge is 0.462 e. The summed E-state index contributed by atoms with van der Waals surface area (Å²) in [5.41, 5.74) is 0. The first kappa shape index (κ1) is 77.8. The van der Waals surface area contributed by atoms with E-state index in [4.69, 9.17) is 14.2 Å². The highest BCUT2D eigenvalue weighted by molar-refractivity contribution is 5.71. The Hall–Kier alpha value is -5.23. The highest BCUT2D eigenvalue weighted by Crippen LogP contribution is 2.15. The molecule has 6 heteroatoms. The van der Waals surface area contributed by atoms with E-state index in [0.717, 1.165) is 180 Å². The molecule has 6 nitrogen and oxygen atoms in total. The smallest absolute Gasteiger partial charge is 0.306 e. The van der Waals surface area contributed by atoms with Crippen LogP contribution in [-0.4, -0.2) is 37.2 Å². The molecule has 83 heavy (non-hydrogen) atoms. The van der Waals surface area contributed by atoms with Gasteiger partial charge in [-0.3, -0.25) is 14.4 Å². The lowest BCUT2D eigenvalue weighted by Crippen LogP contribution is -2.30. The average Bonchev–Trinajstić information content (AvgIpc) is 3.49. The minimum atomic E-state index is -0.807. The van der Waals surface area contributed by atoms with Gasteiger partial charge in [0.2, 0.25) is 0 Å². The van der Waals surface area contributed by atoms with E-state index < -0.39 is 6.10 Å². The van der Waals surface area contributed by atoms with Gasteiger partial charge < -0.3 is 14.2 Å². The molecule has 0 bridgehead atoms. The summed E-state index contributed by atoms with van der Waals surface area (Å²) < 4.78 is 17.0. The number of esters is 3. The number of unbranched alkanes of at least 4 members (excludes halogenated alkanes) is 20. The van der Waals surface area contributed by atoms with Gasteiger partial charge in [0.15, 0.2) is 6.10 Å². The van der Waals surface area contributed by atoms with Crippen molar-refractivity contribution in [2.24, 2.45) is 0 Å². The molecular weight excluding hydrogens is 1020 g/mol. The van der Waals surface area contributed by atoms with Gasteiger partial charge in [0, 0.05) is 19.3 Å². The second-order valence-electron chi connectivity index (χ2n) is 21.6. The van der Waals surface area contributed by atoms with E-state index in [-0.39, 0.29) is 31.1 Å². The molecule has 0 heterocycles. The molecule has 0 radical (unpaired) electrons. The summed E-state index contributed by atoms with van der Waals surface area (Å²) in [6.07, 6.45) is 102. The van der Waals surface area contributed by atoms with Gasteiger partial charge in [0.25, 0.3) is 0 Å². The van der Waals surface area contributed by atoms with Crippen molar-refractivity contribution in [2.45, 2.75) is 284 Å². The maximum Gasteiger partial charge on any atom is 0.306 e. The lowest BCUT2D eigenvalue weighted by atomic mass is 10.1. The van der Waals surface area contributed by atoms with Crippen LogP contribution in [0.2, 0.25) is 0 Å². The molecule has 0 aromatic carbocycles. The Morgan fingerprint density at radius 2 is 0.434 bits per heavy atom. The first-order valence-electron chi connectivity index (χ1n) is 33.6. The first-order valence-corrected chi connectivity index (χ1v) is 33.6. The first-order chi connectivity index (χ1) is 41.0. The van der Waals surface area contributed by atoms with E-state index in [9.17, 15) is 14.4 Å². The van der Waals surface area contributed by atoms with Crippen LogP contribution in [0.5, 0.6) is 0 Å². The van der Waals surface area contributed by atoms with Crippen molar-refractivity contribution < 1.29 is 28.6 Å². The van der Waals surface area contributed by atoms with Crippen molar-refractivity contribution >= 4 is 17.9 Å². The number of hydrogen-bond acceptors (Lipinski definition) is 6. The molecule has 0 fully saturated rings. The Bertz CT molecular complexity index is 1890. The molecule has 0 rings (SSSR count). The van der Waals surface area contributed by atoms with Gasteiger partial charge in [-0.25, -0.2) is 0 Å². The third-order valence-corrected chi connectivity index (χ3v) is 13.7. The van der Waals surface area contributed by atoms with Gasteiger partial charge in [-0.2, -0.15) is 0 Å². The zero-order valence-corrected chi connectivity index (χ0v) is 53.4. The molecule has 0 N–H and O–H groups in total. The average molecular weight is 1140 g/mol. The lowest BCUT2D eigenvalue weighted by Gasteiger charge is -2.18. The van der Waals surface area contributed by atoms with E-state index in [1.807, 2.05) is 0 Å². The highest BCUT2D eigenvalue weighted by Gasteiger charge is 2.19. The summed E-state index contributed by atoms with van der Waals surface area (Å²) in [6, 6.07) is 0. The summed E-state index contributed by atoms with van der Waals surface area (Å²) in [4.78, 5) is 38.5. The van der Waals surface area contributed by atoms with Crippen molar-refractivity contribution in [3.8, 4) is 0 Å². The van der Waals surface area contributed by atoms with Crippen molar-refractivity contribution in [3.05, 3.63) is 170 Å². The van der Waals surface area contributed by atoms with Crippen LogP contribution in [0, 0.1) is 0 Å². The SMILES string of the molecule is CC/C=C\C/C=C\C/C=C\C/C=C\C/C=C\CCCCCCCCCC(=O)OCC(COC(=O)CCCCCCCC/C=C\C/C=C\C/C=C\C/C=C\CC)OC(=O)CCCCCCCCC/C=C\C/C=C\C/C=C\C/C=C\C/C=C\CC. The molecule has 0 aliphatic heterocycles. The molecule has 1 unspecified atom stereocenters. The van der Waals surface area contributed by atoms with Crippen LogP contribution in [0.25, 0.3) is 0 Å². The van der Waals surface area contributed by atoms with Gasteiger partial charge in [-0.15, -0.1) is 0 Å². The summed E-state index contributed by atoms with van der Waals surface area (Å²) in [5, 5.41) is 0. The second kappa shape index (κ2) is 69.3. The maximum atomic E-state index is 13.0. The number of hydrogen-bond donors (Lipinski definition) is 0. The summed E-state index contributed by atoms with van der Waals surface area (Å²) in [5.74, 6) is -0.937. The zero-order chi connectivity index (χ0) is 59.9. The Balaban J connectivity index is 4.50. The zero-order valence-electron chi connectivity index (χ0n) is 53.4. The molecule has 0 saturated heterocycles. The van der Waals surface area contributed by atoms with Crippen LogP contribution in [0.15, 0.2) is 170 Å². The van der Waals surface area contributed by atoms with E-state index in [0.29, 0.717) is 19.3 Å². The number of carbonyl (C=O) groups is 3. The van der Waals surface area contributed by atoms with Gasteiger partial charge in [-0.1, -0.05) is 281 Å². The fraction of sp³-hybridized carbons (Fsp3) is 0.597. The molecule has 1 atom stereocenters. The Labute approximate surface area is 511 Å². The Morgan fingerprint density at radius 1 is 0.241 bits per heavy atom. The summed E-state index contributed by atoms with van der Waals surface area (Å²) in [7, 11) is 0. The van der Waals surface area contributed by atoms with Crippen LogP contribution in [0.1, 0.15) is 278 Å². The van der Waals surface area contributed by atoms with Crippen LogP contribution in [-0.2, 0) is 28.6 Å². The minimum Gasteiger partial charge on any atom is -0.462 e. The van der Waals surface area contributed by atoms with Gasteiger partial charge in [0.05, 0.1) is 0 Å². The highest BCUT2D eigenvalue weighted by atomic mass is 16.6. The predicted octanol–water partition coefficient (Wildman–Crippen LogP) is 23.4. The second-order valence-corrected chi connectivity index (χ2v) is 21.6. The fourth-order valence-corrected chi connectivity index (χ4v) is 8.78. The van der Waals surface area contributed by atoms with E-state index in [1.54, 1.807) is 0 Å². The van der Waals surface area contributed by atoms with Crippen LogP contribution in [0.3, 0.4) is 0 Å². The van der Waals surface area contributed by atoms with Crippen LogP contribution in [0.4, 0.5) is 0 Å². The monoisotopic (exact) mass is 1140 g/mol. The molecule has 466 valence electrons. The standard InChI is InChI=1S/C77H122O6/c1-4-7-10-13-16-19-22-25-28-31-34-36-38-40-43-46-49-52-55-58-61-64-67-70-76(79)82-73-74(72-81-75(78)69-66-63-60-57-54-51-48-45-42-33-30-27-24-21-18-15-12-9-6-3)83-77(80)71-68-65-62-59-56-53-50-47-44-41-39-37-35-32-29-26-23-20-17-14-11-8-5-2/h7-12,16-21,25-30,34-37,40-45,74H,4-6,13-15,22-24,31-33,38-39,46-73H2,1-3H3/b10-7-,11-8-,12-9-,19-16-,20-17-,21-18-,28-25-,29-26-,30-27-,36-34-,37-35-,43-40-,44-41-,45-42-. The fourth-order valence-electron chi connectivity index (χ4n) is 8.78. The van der Waals surface area contributed by atoms with Crippen molar-refractivity contribution in [1.82, 2.24) is 0 Å². The predicted molar refractivity (Wildman–Crippen MR) is 361 cm³/mol. The molecule has 0 saturated carbocycles. The minimum absolute atomic E-state index is 0.101. The lowest BCUT2D eigenvalue weighted by molar-refractivity contribution is -0.167. The third-order valence-electron chi connectivity index (χ3n) is 13.7. The van der Waals surface area contributed by atoms with Gasteiger partial charge >= 0.3 is 17.9 Å². The van der Waals surface area contributed by atoms with E-state index in [1.165, 1.54) is 57.8 Å². The molecule has 0 spiro atoms. The van der Waals surface area contributed by atoms with Gasteiger partial charge in [0.1, 0.15) is 13.2 Å². The Kier molecular flexibility index (Phi) is 64.9.